The van der Waals surface area contributed by atoms with Gasteiger partial charge in [0.2, 0.25) is 5.91 Å². The lowest BCUT2D eigenvalue weighted by molar-refractivity contribution is -0.119. The van der Waals surface area contributed by atoms with Gasteiger partial charge in [-0.3, -0.25) is 9.69 Å². The number of rotatable bonds is 3. The maximum absolute atomic E-state index is 11.3. The maximum Gasteiger partial charge on any atom is 0.231 e. The topological polar surface area (TPSA) is 72.1 Å². The maximum atomic E-state index is 11.3. The fraction of sp³-hybridized carbons (Fsp3) is 0.421. The Morgan fingerprint density at radius 2 is 2.08 bits per heavy atom. The molecule has 1 atom stereocenters. The Labute approximate surface area is 141 Å². The van der Waals surface area contributed by atoms with Crippen molar-refractivity contribution in [1.82, 2.24) is 14.9 Å². The van der Waals surface area contributed by atoms with Crippen LogP contribution in [0.3, 0.4) is 0 Å². The molecule has 1 aromatic heterocycles. The summed E-state index contributed by atoms with van der Waals surface area (Å²) in [4.78, 5) is 23.0. The molecule has 1 aliphatic heterocycles. The molecule has 0 saturated carbocycles. The first-order valence-electron chi connectivity index (χ1n) is 8.59. The standard InChI is InChI=1S/C19H22N4O/c20-16(24)12-23-10-4-8-19(13-23)9-7-15-11-21-18(22-17(15)19)14-5-2-1-3-6-14/h1-3,5-6,11H,4,7-10,12-13H2,(H2,20,24). The fourth-order valence-electron chi connectivity index (χ4n) is 4.25. The first-order valence-corrected chi connectivity index (χ1v) is 8.59. The minimum absolute atomic E-state index is 0.0511. The van der Waals surface area contributed by atoms with Crippen molar-refractivity contribution in [2.45, 2.75) is 31.1 Å². The second kappa shape index (κ2) is 5.98. The zero-order valence-electron chi connectivity index (χ0n) is 13.7. The molecule has 1 spiro atoms. The molecule has 4 rings (SSSR count). The van der Waals surface area contributed by atoms with E-state index in [2.05, 4.69) is 9.88 Å². The van der Waals surface area contributed by atoms with Crippen LogP contribution < -0.4 is 5.73 Å². The molecule has 1 fully saturated rings. The predicted molar refractivity (Wildman–Crippen MR) is 92.3 cm³/mol. The van der Waals surface area contributed by atoms with E-state index < -0.39 is 0 Å². The molecule has 1 aromatic carbocycles. The summed E-state index contributed by atoms with van der Waals surface area (Å²) in [7, 11) is 0. The number of primary amides is 1. The van der Waals surface area contributed by atoms with Crippen LogP contribution in [0, 0.1) is 0 Å². The van der Waals surface area contributed by atoms with E-state index in [1.165, 1.54) is 11.3 Å². The smallest absolute Gasteiger partial charge is 0.231 e. The molecule has 5 nitrogen and oxygen atoms in total. The third-order valence-electron chi connectivity index (χ3n) is 5.31. The van der Waals surface area contributed by atoms with Gasteiger partial charge in [0, 0.05) is 23.7 Å². The van der Waals surface area contributed by atoms with Gasteiger partial charge in [-0.15, -0.1) is 0 Å². The lowest BCUT2D eigenvalue weighted by Crippen LogP contribution is -2.48. The number of piperidine rings is 1. The Balaban J connectivity index is 1.68. The van der Waals surface area contributed by atoms with Crippen molar-refractivity contribution in [3.05, 3.63) is 47.8 Å². The van der Waals surface area contributed by atoms with Crippen molar-refractivity contribution >= 4 is 5.91 Å². The normalized spacial score (nSPS) is 23.3. The number of nitrogens with two attached hydrogens (primary N) is 1. The average Bonchev–Trinajstić information content (AvgIpc) is 2.93. The largest absolute Gasteiger partial charge is 0.369 e. The van der Waals surface area contributed by atoms with Crippen LogP contribution in [0.25, 0.3) is 11.4 Å². The molecule has 1 saturated heterocycles. The zero-order chi connectivity index (χ0) is 16.6. The van der Waals surface area contributed by atoms with Gasteiger partial charge in [0.1, 0.15) is 0 Å². The highest BCUT2D eigenvalue weighted by atomic mass is 16.1. The summed E-state index contributed by atoms with van der Waals surface area (Å²) < 4.78 is 0. The van der Waals surface area contributed by atoms with Crippen molar-refractivity contribution in [3.63, 3.8) is 0 Å². The van der Waals surface area contributed by atoms with Gasteiger partial charge in [-0.25, -0.2) is 9.97 Å². The monoisotopic (exact) mass is 322 g/mol. The number of amides is 1. The minimum atomic E-state index is -0.252. The van der Waals surface area contributed by atoms with E-state index in [-0.39, 0.29) is 11.3 Å². The number of benzene rings is 1. The van der Waals surface area contributed by atoms with Crippen LogP contribution in [-0.4, -0.2) is 40.4 Å². The summed E-state index contributed by atoms with van der Waals surface area (Å²) in [5.74, 6) is 0.542. The summed E-state index contributed by atoms with van der Waals surface area (Å²) in [5.41, 5.74) is 8.94. The molecule has 24 heavy (non-hydrogen) atoms. The SMILES string of the molecule is NC(=O)CN1CCCC2(CCc3cnc(-c4ccccc4)nc32)C1. The van der Waals surface area contributed by atoms with E-state index in [4.69, 9.17) is 10.7 Å². The fourth-order valence-corrected chi connectivity index (χ4v) is 4.25. The average molecular weight is 322 g/mol. The molecule has 0 bridgehead atoms. The third-order valence-corrected chi connectivity index (χ3v) is 5.31. The molecule has 1 aliphatic carbocycles. The van der Waals surface area contributed by atoms with Crippen LogP contribution in [-0.2, 0) is 16.6 Å². The summed E-state index contributed by atoms with van der Waals surface area (Å²) in [6.45, 7) is 2.15. The van der Waals surface area contributed by atoms with E-state index >= 15 is 0 Å². The van der Waals surface area contributed by atoms with Crippen LogP contribution in [0.5, 0.6) is 0 Å². The quantitative estimate of drug-likeness (QED) is 0.937. The van der Waals surface area contributed by atoms with Gasteiger partial charge < -0.3 is 5.73 Å². The Hall–Kier alpha value is -2.27. The summed E-state index contributed by atoms with van der Waals surface area (Å²) in [6.07, 6.45) is 6.31. The molecule has 1 amide bonds. The third kappa shape index (κ3) is 2.69. The summed E-state index contributed by atoms with van der Waals surface area (Å²) >= 11 is 0. The highest BCUT2D eigenvalue weighted by Gasteiger charge is 2.43. The Bertz CT molecular complexity index is 757. The molecule has 2 N–H and O–H groups in total. The Morgan fingerprint density at radius 3 is 2.88 bits per heavy atom. The predicted octanol–water partition coefficient (Wildman–Crippen LogP) is 1.91. The lowest BCUT2D eigenvalue weighted by atomic mass is 9.77. The van der Waals surface area contributed by atoms with Gasteiger partial charge in [-0.2, -0.15) is 0 Å². The Morgan fingerprint density at radius 1 is 1.25 bits per heavy atom. The molecule has 2 aromatic rings. The van der Waals surface area contributed by atoms with Gasteiger partial charge in [0.15, 0.2) is 5.82 Å². The second-order valence-electron chi connectivity index (χ2n) is 6.99. The van der Waals surface area contributed by atoms with Crippen molar-refractivity contribution in [2.24, 2.45) is 5.73 Å². The van der Waals surface area contributed by atoms with Crippen LogP contribution in [0.4, 0.5) is 0 Å². The van der Waals surface area contributed by atoms with Crippen molar-refractivity contribution in [3.8, 4) is 11.4 Å². The van der Waals surface area contributed by atoms with E-state index in [0.717, 1.165) is 50.2 Å². The van der Waals surface area contributed by atoms with E-state index in [9.17, 15) is 4.79 Å². The number of aryl methyl sites for hydroxylation is 1. The first-order chi connectivity index (χ1) is 11.7. The molecular formula is C19H22N4O. The second-order valence-corrected chi connectivity index (χ2v) is 6.99. The zero-order valence-corrected chi connectivity index (χ0v) is 13.7. The number of fused-ring (bicyclic) bond motifs is 2. The van der Waals surface area contributed by atoms with Crippen LogP contribution in [0.15, 0.2) is 36.5 Å². The highest BCUT2D eigenvalue weighted by molar-refractivity contribution is 5.76. The minimum Gasteiger partial charge on any atom is -0.369 e. The van der Waals surface area contributed by atoms with Crippen LogP contribution >= 0.6 is 0 Å². The molecule has 2 aliphatic rings. The molecular weight excluding hydrogens is 300 g/mol. The van der Waals surface area contributed by atoms with Crippen LogP contribution in [0.2, 0.25) is 0 Å². The molecule has 2 heterocycles. The van der Waals surface area contributed by atoms with Crippen molar-refractivity contribution < 1.29 is 4.79 Å². The van der Waals surface area contributed by atoms with Crippen LogP contribution in [0.1, 0.15) is 30.5 Å². The number of aromatic nitrogens is 2. The van der Waals surface area contributed by atoms with Gasteiger partial charge in [-0.1, -0.05) is 30.3 Å². The number of hydrogen-bond acceptors (Lipinski definition) is 4. The number of hydrogen-bond donors (Lipinski definition) is 1. The summed E-state index contributed by atoms with van der Waals surface area (Å²) in [5, 5.41) is 0. The Kier molecular flexibility index (Phi) is 3.81. The van der Waals surface area contributed by atoms with E-state index in [1.54, 1.807) is 0 Å². The van der Waals surface area contributed by atoms with Gasteiger partial charge in [0.05, 0.1) is 12.2 Å². The van der Waals surface area contributed by atoms with E-state index in [0.29, 0.717) is 6.54 Å². The van der Waals surface area contributed by atoms with Gasteiger partial charge >= 0.3 is 0 Å². The molecule has 1 unspecified atom stereocenters. The van der Waals surface area contributed by atoms with Gasteiger partial charge in [0.25, 0.3) is 0 Å². The van der Waals surface area contributed by atoms with Gasteiger partial charge in [-0.05, 0) is 37.8 Å². The van der Waals surface area contributed by atoms with Crippen molar-refractivity contribution in [2.75, 3.05) is 19.6 Å². The number of likely N-dealkylation sites (tertiary alicyclic amines) is 1. The first kappa shape index (κ1) is 15.3. The number of carbonyl (C=O) groups is 1. The van der Waals surface area contributed by atoms with E-state index in [1.807, 2.05) is 36.5 Å². The lowest BCUT2D eigenvalue weighted by Gasteiger charge is -2.40. The molecule has 5 heteroatoms. The molecule has 0 radical (unpaired) electrons. The number of carbonyl (C=O) groups excluding carboxylic acids is 1. The summed E-state index contributed by atoms with van der Waals surface area (Å²) in [6, 6.07) is 10.1. The highest BCUT2D eigenvalue weighted by Crippen LogP contribution is 2.44. The van der Waals surface area contributed by atoms with Crippen molar-refractivity contribution in [1.29, 1.82) is 0 Å². The number of nitrogens with zero attached hydrogens (tertiary/aromatic N) is 3. The molecule has 124 valence electrons.